The number of halogens is 3. The van der Waals surface area contributed by atoms with Crippen LogP contribution in [-0.2, 0) is 6.18 Å². The summed E-state index contributed by atoms with van der Waals surface area (Å²) in [6, 6.07) is 8.20. The Balaban J connectivity index is 2.46. The Morgan fingerprint density at radius 3 is 2.35 bits per heavy atom. The van der Waals surface area contributed by atoms with E-state index < -0.39 is 17.8 Å². The number of alkyl halides is 3. The Kier molecular flexibility index (Phi) is 3.22. The number of hydrogen-bond acceptors (Lipinski definition) is 2. The van der Waals surface area contributed by atoms with E-state index in [2.05, 4.69) is 0 Å². The van der Waals surface area contributed by atoms with Crippen molar-refractivity contribution in [3.63, 3.8) is 0 Å². The largest absolute Gasteiger partial charge is 0.416 e. The summed E-state index contributed by atoms with van der Waals surface area (Å²) in [5.41, 5.74) is 5.32. The number of nitrogens with two attached hydrogens (primary N) is 1. The number of hydrogen-bond donors (Lipinski definition) is 1. The van der Waals surface area contributed by atoms with Crippen LogP contribution in [0.25, 0.3) is 0 Å². The third kappa shape index (κ3) is 2.50. The topological polar surface area (TPSA) is 26.0 Å². The lowest BCUT2D eigenvalue weighted by molar-refractivity contribution is -0.138. The third-order valence-electron chi connectivity index (χ3n) is 2.45. The molecule has 2 N–H and O–H groups in total. The van der Waals surface area contributed by atoms with Gasteiger partial charge in [0.25, 0.3) is 0 Å². The van der Waals surface area contributed by atoms with Crippen LogP contribution in [0, 0.1) is 0 Å². The smallest absolute Gasteiger partial charge is 0.320 e. The molecule has 5 heteroatoms. The molecular weight excluding hydrogens is 247 g/mol. The molecule has 0 fully saturated rings. The van der Waals surface area contributed by atoms with Crippen LogP contribution in [-0.4, -0.2) is 0 Å². The van der Waals surface area contributed by atoms with Crippen LogP contribution in [0.1, 0.15) is 22.0 Å². The Morgan fingerprint density at radius 2 is 1.76 bits per heavy atom. The van der Waals surface area contributed by atoms with E-state index in [0.29, 0.717) is 0 Å². The van der Waals surface area contributed by atoms with Crippen molar-refractivity contribution in [2.24, 2.45) is 5.73 Å². The van der Waals surface area contributed by atoms with Crippen LogP contribution in [0.15, 0.2) is 41.8 Å². The fourth-order valence-electron chi connectivity index (χ4n) is 1.65. The molecule has 0 amide bonds. The molecule has 0 aliphatic heterocycles. The Hall–Kier alpha value is -1.33. The van der Waals surface area contributed by atoms with Gasteiger partial charge in [0.15, 0.2) is 0 Å². The first-order chi connectivity index (χ1) is 8.00. The fourth-order valence-corrected chi connectivity index (χ4v) is 2.39. The summed E-state index contributed by atoms with van der Waals surface area (Å²) in [6.07, 6.45) is -4.37. The second kappa shape index (κ2) is 4.50. The van der Waals surface area contributed by atoms with Crippen molar-refractivity contribution in [3.05, 3.63) is 57.8 Å². The minimum absolute atomic E-state index is 0.113. The van der Waals surface area contributed by atoms with Crippen molar-refractivity contribution in [2.45, 2.75) is 12.2 Å². The van der Waals surface area contributed by atoms with Crippen LogP contribution in [0.2, 0.25) is 0 Å². The van der Waals surface area contributed by atoms with Gasteiger partial charge >= 0.3 is 6.18 Å². The summed E-state index contributed by atoms with van der Waals surface area (Å²) >= 11 is 1.35. The van der Waals surface area contributed by atoms with Crippen molar-refractivity contribution < 1.29 is 13.2 Å². The van der Waals surface area contributed by atoms with Crippen molar-refractivity contribution in [2.75, 3.05) is 0 Å². The second-order valence-electron chi connectivity index (χ2n) is 3.58. The maximum Gasteiger partial charge on any atom is 0.416 e. The van der Waals surface area contributed by atoms with E-state index in [1.165, 1.54) is 23.5 Å². The third-order valence-corrected chi connectivity index (χ3v) is 3.41. The highest BCUT2D eigenvalue weighted by molar-refractivity contribution is 7.10. The quantitative estimate of drug-likeness (QED) is 0.869. The van der Waals surface area contributed by atoms with Gasteiger partial charge in [-0.1, -0.05) is 24.3 Å². The van der Waals surface area contributed by atoms with Gasteiger partial charge in [0, 0.05) is 4.88 Å². The first kappa shape index (κ1) is 12.1. The summed E-state index contributed by atoms with van der Waals surface area (Å²) < 4.78 is 38.4. The Labute approximate surface area is 101 Å². The van der Waals surface area contributed by atoms with Crippen molar-refractivity contribution in [1.82, 2.24) is 0 Å². The van der Waals surface area contributed by atoms with Gasteiger partial charge in [-0.2, -0.15) is 13.2 Å². The Morgan fingerprint density at radius 1 is 1.06 bits per heavy atom. The van der Waals surface area contributed by atoms with Crippen LogP contribution in [0.3, 0.4) is 0 Å². The molecule has 0 radical (unpaired) electrons. The van der Waals surface area contributed by atoms with Crippen LogP contribution in [0.5, 0.6) is 0 Å². The lowest BCUT2D eigenvalue weighted by Gasteiger charge is -2.17. The zero-order valence-corrected chi connectivity index (χ0v) is 9.55. The van der Waals surface area contributed by atoms with Crippen LogP contribution >= 0.6 is 11.3 Å². The molecule has 0 aliphatic rings. The molecule has 1 aromatic heterocycles. The minimum atomic E-state index is -4.37. The molecule has 1 unspecified atom stereocenters. The lowest BCUT2D eigenvalue weighted by Crippen LogP contribution is -2.17. The zero-order chi connectivity index (χ0) is 12.5. The minimum Gasteiger partial charge on any atom is -0.320 e. The molecule has 0 saturated heterocycles. The zero-order valence-electron chi connectivity index (χ0n) is 8.74. The van der Waals surface area contributed by atoms with Crippen molar-refractivity contribution in [3.8, 4) is 0 Å². The van der Waals surface area contributed by atoms with E-state index in [4.69, 9.17) is 5.73 Å². The molecule has 17 heavy (non-hydrogen) atoms. The molecule has 1 aromatic carbocycles. The van der Waals surface area contributed by atoms with Gasteiger partial charge < -0.3 is 5.73 Å². The summed E-state index contributed by atoms with van der Waals surface area (Å²) in [7, 11) is 0. The average molecular weight is 257 g/mol. The summed E-state index contributed by atoms with van der Waals surface area (Å²) in [6.45, 7) is 0. The molecule has 2 aromatic rings. The summed E-state index contributed by atoms with van der Waals surface area (Å²) in [5, 5.41) is 1.80. The summed E-state index contributed by atoms with van der Waals surface area (Å²) in [4.78, 5) is 0.724. The maximum atomic E-state index is 12.8. The summed E-state index contributed by atoms with van der Waals surface area (Å²) in [5.74, 6) is 0. The molecule has 1 nitrogen and oxygen atoms in total. The highest BCUT2D eigenvalue weighted by atomic mass is 32.1. The van der Waals surface area contributed by atoms with E-state index in [-0.39, 0.29) is 5.56 Å². The lowest BCUT2D eigenvalue weighted by atomic mass is 9.99. The van der Waals surface area contributed by atoms with E-state index in [1.54, 1.807) is 23.6 Å². The van der Waals surface area contributed by atoms with Crippen LogP contribution in [0.4, 0.5) is 13.2 Å². The molecule has 2 rings (SSSR count). The second-order valence-corrected chi connectivity index (χ2v) is 4.56. The maximum absolute atomic E-state index is 12.8. The van der Waals surface area contributed by atoms with E-state index >= 15 is 0 Å². The average Bonchev–Trinajstić information content (AvgIpc) is 2.80. The number of benzene rings is 1. The number of thiophene rings is 1. The van der Waals surface area contributed by atoms with Gasteiger partial charge in [0.05, 0.1) is 11.6 Å². The molecule has 1 atom stereocenters. The van der Waals surface area contributed by atoms with Crippen molar-refractivity contribution in [1.29, 1.82) is 0 Å². The first-order valence-corrected chi connectivity index (χ1v) is 5.83. The Bertz CT molecular complexity index is 491. The van der Waals surface area contributed by atoms with E-state index in [9.17, 15) is 13.2 Å². The fraction of sp³-hybridized carbons (Fsp3) is 0.167. The predicted octanol–water partition coefficient (Wildman–Crippen LogP) is 3.82. The van der Waals surface area contributed by atoms with Crippen molar-refractivity contribution >= 4 is 11.3 Å². The molecule has 0 saturated carbocycles. The van der Waals surface area contributed by atoms with Gasteiger partial charge in [-0.3, -0.25) is 0 Å². The van der Waals surface area contributed by atoms with Gasteiger partial charge in [0.2, 0.25) is 0 Å². The van der Waals surface area contributed by atoms with Gasteiger partial charge in [-0.15, -0.1) is 11.3 Å². The molecular formula is C12H10F3NS. The van der Waals surface area contributed by atoms with Crippen LogP contribution < -0.4 is 5.73 Å². The number of rotatable bonds is 2. The molecule has 0 bridgehead atoms. The highest BCUT2D eigenvalue weighted by Gasteiger charge is 2.34. The van der Waals surface area contributed by atoms with Gasteiger partial charge in [0.1, 0.15) is 0 Å². The normalized spacial score (nSPS) is 13.6. The molecule has 90 valence electrons. The highest BCUT2D eigenvalue weighted by Crippen LogP contribution is 2.36. The standard InChI is InChI=1S/C12H10F3NS/c13-12(14,15)9-5-2-1-4-8(9)11(16)10-6-3-7-17-10/h1-7,11H,16H2. The molecule has 0 spiro atoms. The van der Waals surface area contributed by atoms with Gasteiger partial charge in [-0.05, 0) is 23.1 Å². The SMILES string of the molecule is NC(c1cccs1)c1ccccc1C(F)(F)F. The monoisotopic (exact) mass is 257 g/mol. The van der Waals surface area contributed by atoms with E-state index in [0.717, 1.165) is 10.9 Å². The predicted molar refractivity (Wildman–Crippen MR) is 61.8 cm³/mol. The van der Waals surface area contributed by atoms with Gasteiger partial charge in [-0.25, -0.2) is 0 Å². The van der Waals surface area contributed by atoms with E-state index in [1.807, 2.05) is 0 Å². The molecule has 1 heterocycles. The first-order valence-electron chi connectivity index (χ1n) is 4.95. The molecule has 0 aliphatic carbocycles.